The summed E-state index contributed by atoms with van der Waals surface area (Å²) in [5, 5.41) is 2.77. The SMILES string of the molecule is CC(C)CN(C(=O)CN1C(=O)NC2(CCCC2)C1=O)[C@@H]1CCS(=O)(=O)C1. The van der Waals surface area contributed by atoms with Gasteiger partial charge in [-0.05, 0) is 25.2 Å². The van der Waals surface area contributed by atoms with Gasteiger partial charge in [-0.15, -0.1) is 0 Å². The van der Waals surface area contributed by atoms with E-state index in [0.29, 0.717) is 25.8 Å². The Kier molecular flexibility index (Phi) is 5.02. The van der Waals surface area contributed by atoms with Crippen LogP contribution in [0, 0.1) is 5.92 Å². The third-order valence-corrected chi connectivity index (χ3v) is 7.28. The van der Waals surface area contributed by atoms with E-state index in [1.807, 2.05) is 13.8 Å². The Balaban J connectivity index is 1.73. The zero-order valence-electron chi connectivity index (χ0n) is 15.4. The summed E-state index contributed by atoms with van der Waals surface area (Å²) in [6.45, 7) is 3.99. The lowest BCUT2D eigenvalue weighted by Gasteiger charge is -2.31. The van der Waals surface area contributed by atoms with Crippen LogP contribution in [0.1, 0.15) is 46.0 Å². The predicted molar refractivity (Wildman–Crippen MR) is 95.1 cm³/mol. The highest BCUT2D eigenvalue weighted by Gasteiger charge is 2.53. The lowest BCUT2D eigenvalue weighted by atomic mass is 9.98. The van der Waals surface area contributed by atoms with Gasteiger partial charge in [0.05, 0.1) is 11.5 Å². The van der Waals surface area contributed by atoms with E-state index in [-0.39, 0.29) is 41.8 Å². The standard InChI is InChI=1S/C17H27N3O5S/c1-12(2)9-19(13-5-8-26(24,25)11-13)14(21)10-20-15(22)17(18-16(20)23)6-3-4-7-17/h12-13H,3-11H2,1-2H3,(H,18,23)/t13-/m1/s1. The Morgan fingerprint density at radius 3 is 2.50 bits per heavy atom. The molecule has 3 rings (SSSR count). The third kappa shape index (κ3) is 3.58. The van der Waals surface area contributed by atoms with Crippen molar-refractivity contribution in [3.63, 3.8) is 0 Å². The number of carbonyl (C=O) groups excluding carboxylic acids is 3. The summed E-state index contributed by atoms with van der Waals surface area (Å²) in [6, 6.07) is -0.898. The number of nitrogens with zero attached hydrogens (tertiary/aromatic N) is 2. The van der Waals surface area contributed by atoms with Gasteiger partial charge >= 0.3 is 6.03 Å². The van der Waals surface area contributed by atoms with Crippen LogP contribution >= 0.6 is 0 Å². The number of imide groups is 1. The molecule has 2 saturated heterocycles. The fraction of sp³-hybridized carbons (Fsp3) is 0.824. The molecule has 1 saturated carbocycles. The lowest BCUT2D eigenvalue weighted by Crippen LogP contribution is -2.49. The Morgan fingerprint density at radius 1 is 1.31 bits per heavy atom. The number of hydrogen-bond donors (Lipinski definition) is 1. The second-order valence-corrected chi connectivity index (χ2v) is 10.3. The Morgan fingerprint density at radius 2 is 1.96 bits per heavy atom. The molecule has 146 valence electrons. The summed E-state index contributed by atoms with van der Waals surface area (Å²) in [5.41, 5.74) is -0.836. The number of amides is 4. The topological polar surface area (TPSA) is 104 Å². The van der Waals surface area contributed by atoms with Crippen molar-refractivity contribution >= 4 is 27.7 Å². The van der Waals surface area contributed by atoms with Crippen molar-refractivity contribution < 1.29 is 22.8 Å². The number of nitrogens with one attached hydrogen (secondary N) is 1. The molecule has 0 unspecified atom stereocenters. The maximum absolute atomic E-state index is 12.9. The Bertz CT molecular complexity index is 712. The molecule has 1 atom stereocenters. The van der Waals surface area contributed by atoms with Crippen molar-refractivity contribution in [1.29, 1.82) is 0 Å². The van der Waals surface area contributed by atoms with Crippen LogP contribution in [0.15, 0.2) is 0 Å². The largest absolute Gasteiger partial charge is 0.337 e. The first-order chi connectivity index (χ1) is 12.1. The molecule has 8 nitrogen and oxygen atoms in total. The molecule has 26 heavy (non-hydrogen) atoms. The first-order valence-corrected chi connectivity index (χ1v) is 11.1. The molecule has 9 heteroatoms. The van der Waals surface area contributed by atoms with E-state index in [1.165, 1.54) is 0 Å². The minimum Gasteiger partial charge on any atom is -0.337 e. The van der Waals surface area contributed by atoms with Crippen LogP contribution in [0.2, 0.25) is 0 Å². The van der Waals surface area contributed by atoms with Crippen LogP contribution in [0.3, 0.4) is 0 Å². The highest BCUT2D eigenvalue weighted by Crippen LogP contribution is 2.35. The molecule has 1 N–H and O–H groups in total. The van der Waals surface area contributed by atoms with Crippen molar-refractivity contribution in [3.8, 4) is 0 Å². The van der Waals surface area contributed by atoms with E-state index in [1.54, 1.807) is 4.90 Å². The summed E-state index contributed by atoms with van der Waals surface area (Å²) in [6.07, 6.45) is 3.39. The molecule has 0 aromatic heterocycles. The Labute approximate surface area is 154 Å². The van der Waals surface area contributed by atoms with Crippen molar-refractivity contribution in [2.45, 2.75) is 57.5 Å². The van der Waals surface area contributed by atoms with Gasteiger partial charge in [0.25, 0.3) is 5.91 Å². The smallest absolute Gasteiger partial charge is 0.325 e. The molecule has 0 bridgehead atoms. The van der Waals surface area contributed by atoms with Gasteiger partial charge < -0.3 is 10.2 Å². The monoisotopic (exact) mass is 385 g/mol. The van der Waals surface area contributed by atoms with Gasteiger partial charge in [-0.25, -0.2) is 13.2 Å². The van der Waals surface area contributed by atoms with Crippen LogP contribution in [0.5, 0.6) is 0 Å². The minimum absolute atomic E-state index is 0.0461. The molecule has 0 radical (unpaired) electrons. The molecule has 0 aromatic carbocycles. The van der Waals surface area contributed by atoms with Gasteiger partial charge in [0.2, 0.25) is 5.91 Å². The highest BCUT2D eigenvalue weighted by molar-refractivity contribution is 7.91. The van der Waals surface area contributed by atoms with E-state index in [2.05, 4.69) is 5.32 Å². The molecule has 3 aliphatic rings. The quantitative estimate of drug-likeness (QED) is 0.695. The van der Waals surface area contributed by atoms with E-state index in [0.717, 1.165) is 17.7 Å². The Hall–Kier alpha value is -1.64. The molecule has 1 spiro atoms. The molecule has 0 aromatic rings. The average molecular weight is 385 g/mol. The zero-order chi connectivity index (χ0) is 19.1. The number of sulfone groups is 1. The van der Waals surface area contributed by atoms with E-state index in [4.69, 9.17) is 0 Å². The highest BCUT2D eigenvalue weighted by atomic mass is 32.2. The van der Waals surface area contributed by atoms with Gasteiger partial charge in [0.1, 0.15) is 12.1 Å². The van der Waals surface area contributed by atoms with Crippen LogP contribution in [-0.2, 0) is 19.4 Å². The molecular formula is C17H27N3O5S. The van der Waals surface area contributed by atoms with Gasteiger partial charge in [-0.2, -0.15) is 0 Å². The second-order valence-electron chi connectivity index (χ2n) is 8.11. The van der Waals surface area contributed by atoms with Crippen LogP contribution < -0.4 is 5.32 Å². The summed E-state index contributed by atoms with van der Waals surface area (Å²) < 4.78 is 23.6. The van der Waals surface area contributed by atoms with Crippen molar-refractivity contribution in [3.05, 3.63) is 0 Å². The van der Waals surface area contributed by atoms with Gasteiger partial charge in [-0.1, -0.05) is 26.7 Å². The summed E-state index contributed by atoms with van der Waals surface area (Å²) in [7, 11) is -3.13. The van der Waals surface area contributed by atoms with Crippen LogP contribution in [0.4, 0.5) is 4.79 Å². The fourth-order valence-corrected chi connectivity index (χ4v) is 5.96. The molecule has 2 aliphatic heterocycles. The molecular weight excluding hydrogens is 358 g/mol. The number of hydrogen-bond acceptors (Lipinski definition) is 5. The first-order valence-electron chi connectivity index (χ1n) is 9.27. The van der Waals surface area contributed by atoms with E-state index in [9.17, 15) is 22.8 Å². The maximum atomic E-state index is 12.9. The number of carbonyl (C=O) groups is 3. The summed E-state index contributed by atoms with van der Waals surface area (Å²) in [5.74, 6) is -0.496. The molecule has 2 heterocycles. The summed E-state index contributed by atoms with van der Waals surface area (Å²) >= 11 is 0. The summed E-state index contributed by atoms with van der Waals surface area (Å²) in [4.78, 5) is 40.4. The van der Waals surface area contributed by atoms with E-state index >= 15 is 0 Å². The molecule has 3 fully saturated rings. The second kappa shape index (κ2) is 6.83. The van der Waals surface area contributed by atoms with Crippen LogP contribution in [0.25, 0.3) is 0 Å². The van der Waals surface area contributed by atoms with Gasteiger partial charge in [-0.3, -0.25) is 14.5 Å². The maximum Gasteiger partial charge on any atom is 0.325 e. The van der Waals surface area contributed by atoms with E-state index < -0.39 is 21.4 Å². The van der Waals surface area contributed by atoms with Crippen molar-refractivity contribution in [2.24, 2.45) is 5.92 Å². The number of urea groups is 1. The average Bonchev–Trinajstić information content (AvgIpc) is 3.21. The molecule has 1 aliphatic carbocycles. The normalized spacial score (nSPS) is 26.7. The first kappa shape index (κ1) is 19.1. The predicted octanol–water partition coefficient (Wildman–Crippen LogP) is 0.523. The lowest BCUT2D eigenvalue weighted by molar-refractivity contribution is -0.140. The number of rotatable bonds is 5. The fourth-order valence-electron chi connectivity index (χ4n) is 4.23. The minimum atomic E-state index is -3.13. The third-order valence-electron chi connectivity index (χ3n) is 5.53. The zero-order valence-corrected chi connectivity index (χ0v) is 16.2. The molecule has 4 amide bonds. The van der Waals surface area contributed by atoms with Gasteiger partial charge in [0, 0.05) is 12.6 Å². The van der Waals surface area contributed by atoms with Crippen LogP contribution in [-0.4, -0.2) is 72.2 Å². The van der Waals surface area contributed by atoms with Crippen molar-refractivity contribution in [1.82, 2.24) is 15.1 Å². The van der Waals surface area contributed by atoms with Gasteiger partial charge in [0.15, 0.2) is 9.84 Å². The van der Waals surface area contributed by atoms with Crippen molar-refractivity contribution in [2.75, 3.05) is 24.6 Å².